The molecule has 0 radical (unpaired) electrons. The zero-order valence-electron chi connectivity index (χ0n) is 18.1. The van der Waals surface area contributed by atoms with E-state index in [-0.39, 0.29) is 11.9 Å². The molecule has 2 aromatic rings. The van der Waals surface area contributed by atoms with Crippen molar-refractivity contribution < 1.29 is 4.79 Å². The van der Waals surface area contributed by atoms with E-state index < -0.39 is 0 Å². The Morgan fingerprint density at radius 1 is 1.20 bits per heavy atom. The van der Waals surface area contributed by atoms with Gasteiger partial charge in [0.25, 0.3) is 0 Å². The number of hydrogen-bond acceptors (Lipinski definition) is 5. The molecular formula is C23H31N5OS. The molecule has 0 saturated heterocycles. The fourth-order valence-electron chi connectivity index (χ4n) is 6.74. The van der Waals surface area contributed by atoms with E-state index in [1.165, 1.54) is 55.9 Å². The van der Waals surface area contributed by atoms with Crippen LogP contribution in [0.3, 0.4) is 0 Å². The monoisotopic (exact) mass is 425 g/mol. The van der Waals surface area contributed by atoms with Crippen LogP contribution < -0.4 is 5.32 Å². The summed E-state index contributed by atoms with van der Waals surface area (Å²) in [7, 11) is 0. The van der Waals surface area contributed by atoms with Crippen LogP contribution in [-0.4, -0.2) is 37.9 Å². The highest BCUT2D eigenvalue weighted by atomic mass is 32.2. The molecule has 4 aliphatic carbocycles. The highest BCUT2D eigenvalue weighted by Crippen LogP contribution is 2.61. The smallest absolute Gasteiger partial charge is 0.230 e. The number of rotatable bonds is 6. The molecule has 1 aromatic heterocycles. The van der Waals surface area contributed by atoms with E-state index >= 15 is 0 Å². The molecule has 6 nitrogen and oxygen atoms in total. The number of thioether (sulfide) groups is 1. The van der Waals surface area contributed by atoms with Gasteiger partial charge in [-0.3, -0.25) is 4.79 Å². The standard InChI is InChI=1S/C23H31N5OS/c1-14-4-5-20(15(2)6-14)28-22(25-26-27-28)30-13-21(29)24-16(3)23-10-17-7-18(11-23)9-19(8-17)12-23/h4-6,16-19H,7-13H2,1-3H3,(H,24,29). The van der Waals surface area contributed by atoms with E-state index in [2.05, 4.69) is 53.7 Å². The Hall–Kier alpha value is -1.89. The third kappa shape index (κ3) is 3.66. The zero-order valence-corrected chi connectivity index (χ0v) is 18.9. The summed E-state index contributed by atoms with van der Waals surface area (Å²) in [5, 5.41) is 16.1. The van der Waals surface area contributed by atoms with Gasteiger partial charge >= 0.3 is 0 Å². The Morgan fingerprint density at radius 3 is 2.50 bits per heavy atom. The third-order valence-electron chi connectivity index (χ3n) is 7.74. The van der Waals surface area contributed by atoms with Crippen molar-refractivity contribution in [2.75, 3.05) is 5.75 Å². The number of hydrogen-bond donors (Lipinski definition) is 1. The predicted molar refractivity (Wildman–Crippen MR) is 118 cm³/mol. The first-order chi connectivity index (χ1) is 14.4. The van der Waals surface area contributed by atoms with Crippen molar-refractivity contribution in [1.82, 2.24) is 25.5 Å². The number of tetrazole rings is 1. The van der Waals surface area contributed by atoms with E-state index in [1.807, 2.05) is 6.07 Å². The summed E-state index contributed by atoms with van der Waals surface area (Å²) >= 11 is 1.40. The highest BCUT2D eigenvalue weighted by molar-refractivity contribution is 7.99. The average Bonchev–Trinajstić information content (AvgIpc) is 3.13. The van der Waals surface area contributed by atoms with Gasteiger partial charge in [-0.1, -0.05) is 29.5 Å². The fraction of sp³-hybridized carbons (Fsp3) is 0.652. The minimum atomic E-state index is 0.0819. The number of aryl methyl sites for hydroxylation is 2. The van der Waals surface area contributed by atoms with Crippen LogP contribution in [0.15, 0.2) is 23.4 Å². The molecule has 4 bridgehead atoms. The normalized spacial score (nSPS) is 30.4. The predicted octanol–water partition coefficient (Wildman–Crippen LogP) is 4.09. The number of benzene rings is 1. The SMILES string of the molecule is Cc1ccc(-n2nnnc2SCC(=O)NC(C)C23CC4CC(CC(C4)C2)C3)c(C)c1. The van der Waals surface area contributed by atoms with E-state index in [1.54, 1.807) is 4.68 Å². The van der Waals surface area contributed by atoms with Gasteiger partial charge in [0.2, 0.25) is 11.1 Å². The van der Waals surface area contributed by atoms with E-state index in [0.29, 0.717) is 16.3 Å². The van der Waals surface area contributed by atoms with Crippen molar-refractivity contribution in [1.29, 1.82) is 0 Å². The number of nitrogens with zero attached hydrogens (tertiary/aromatic N) is 4. The fourth-order valence-corrected chi connectivity index (χ4v) is 7.43. The molecule has 6 rings (SSSR count). The summed E-state index contributed by atoms with van der Waals surface area (Å²) < 4.78 is 1.73. The maximum Gasteiger partial charge on any atom is 0.230 e. The Morgan fingerprint density at radius 2 is 1.87 bits per heavy atom. The zero-order chi connectivity index (χ0) is 20.9. The van der Waals surface area contributed by atoms with Crippen molar-refractivity contribution in [3.63, 3.8) is 0 Å². The second kappa shape index (κ2) is 7.66. The first-order valence-corrected chi connectivity index (χ1v) is 12.2. The lowest BCUT2D eigenvalue weighted by Crippen LogP contribution is -2.56. The molecule has 1 unspecified atom stereocenters. The largest absolute Gasteiger partial charge is 0.352 e. The van der Waals surface area contributed by atoms with Crippen molar-refractivity contribution in [2.24, 2.45) is 23.2 Å². The first kappa shape index (κ1) is 20.0. The second-order valence-corrected chi connectivity index (χ2v) is 11.0. The third-order valence-corrected chi connectivity index (χ3v) is 8.65. The van der Waals surface area contributed by atoms with Crippen LogP contribution in [0.2, 0.25) is 0 Å². The molecule has 0 aliphatic heterocycles. The van der Waals surface area contributed by atoms with Crippen molar-refractivity contribution >= 4 is 17.7 Å². The second-order valence-electron chi connectivity index (χ2n) is 10.0. The van der Waals surface area contributed by atoms with Crippen LogP contribution in [0.1, 0.15) is 56.6 Å². The van der Waals surface area contributed by atoms with Gasteiger partial charge in [0, 0.05) is 6.04 Å². The average molecular weight is 426 g/mol. The van der Waals surface area contributed by atoms with E-state index in [4.69, 9.17) is 0 Å². The Labute approximate surface area is 182 Å². The lowest BCUT2D eigenvalue weighted by Gasteiger charge is -2.59. The number of carbonyl (C=O) groups excluding carboxylic acids is 1. The minimum Gasteiger partial charge on any atom is -0.352 e. The van der Waals surface area contributed by atoms with Crippen molar-refractivity contribution in [3.05, 3.63) is 29.3 Å². The van der Waals surface area contributed by atoms with Gasteiger partial charge in [0.1, 0.15) is 0 Å². The molecule has 4 fully saturated rings. The molecular weight excluding hydrogens is 394 g/mol. The topological polar surface area (TPSA) is 72.7 Å². The minimum absolute atomic E-state index is 0.0819. The summed E-state index contributed by atoms with van der Waals surface area (Å²) in [5.74, 6) is 3.10. The van der Waals surface area contributed by atoms with Crippen LogP contribution in [-0.2, 0) is 4.79 Å². The summed E-state index contributed by atoms with van der Waals surface area (Å²) in [6.07, 6.45) is 8.19. The molecule has 1 amide bonds. The molecule has 1 N–H and O–H groups in total. The molecule has 0 spiro atoms. The van der Waals surface area contributed by atoms with Crippen LogP contribution >= 0.6 is 11.8 Å². The van der Waals surface area contributed by atoms with E-state index in [0.717, 1.165) is 29.0 Å². The molecule has 7 heteroatoms. The maximum atomic E-state index is 12.8. The maximum absolute atomic E-state index is 12.8. The molecule has 30 heavy (non-hydrogen) atoms. The van der Waals surface area contributed by atoms with Crippen LogP contribution in [0.4, 0.5) is 0 Å². The van der Waals surface area contributed by atoms with Gasteiger partial charge < -0.3 is 5.32 Å². The molecule has 160 valence electrons. The number of aromatic nitrogens is 4. The van der Waals surface area contributed by atoms with Gasteiger partial charge in [-0.15, -0.1) is 5.10 Å². The van der Waals surface area contributed by atoms with Crippen LogP contribution in [0.25, 0.3) is 5.69 Å². The molecule has 1 atom stereocenters. The van der Waals surface area contributed by atoms with Crippen LogP contribution in [0, 0.1) is 37.0 Å². The molecule has 4 saturated carbocycles. The quantitative estimate of drug-likeness (QED) is 0.706. The Balaban J connectivity index is 1.22. The van der Waals surface area contributed by atoms with Gasteiger partial charge in [-0.2, -0.15) is 4.68 Å². The van der Waals surface area contributed by atoms with Gasteiger partial charge in [-0.05, 0) is 105 Å². The summed E-state index contributed by atoms with van der Waals surface area (Å²) in [5.41, 5.74) is 3.60. The van der Waals surface area contributed by atoms with Crippen LogP contribution in [0.5, 0.6) is 0 Å². The van der Waals surface area contributed by atoms with Gasteiger partial charge in [0.15, 0.2) is 0 Å². The number of nitrogens with one attached hydrogen (secondary N) is 1. The lowest BCUT2D eigenvalue weighted by molar-refractivity contribution is -0.123. The summed E-state index contributed by atoms with van der Waals surface area (Å²) in [6, 6.07) is 6.44. The molecule has 1 heterocycles. The Bertz CT molecular complexity index is 920. The first-order valence-electron chi connectivity index (χ1n) is 11.2. The molecule has 1 aromatic carbocycles. The number of amides is 1. The van der Waals surface area contributed by atoms with Crippen molar-refractivity contribution in [3.8, 4) is 5.69 Å². The Kier molecular flexibility index (Phi) is 5.12. The summed E-state index contributed by atoms with van der Waals surface area (Å²) in [4.78, 5) is 12.8. The highest BCUT2D eigenvalue weighted by Gasteiger charge is 2.53. The van der Waals surface area contributed by atoms with E-state index in [9.17, 15) is 4.79 Å². The lowest BCUT2D eigenvalue weighted by atomic mass is 9.48. The summed E-state index contributed by atoms with van der Waals surface area (Å²) in [6.45, 7) is 6.36. The number of carbonyl (C=O) groups is 1. The van der Waals surface area contributed by atoms with Gasteiger partial charge in [0.05, 0.1) is 11.4 Å². The molecule has 4 aliphatic rings. The van der Waals surface area contributed by atoms with Crippen molar-refractivity contribution in [2.45, 2.75) is 70.5 Å². The van der Waals surface area contributed by atoms with Gasteiger partial charge in [-0.25, -0.2) is 0 Å².